The first-order valence-electron chi connectivity index (χ1n) is 6.14. The first kappa shape index (κ1) is 19.4. The first-order chi connectivity index (χ1) is 8.49. The predicted molar refractivity (Wildman–Crippen MR) is 68.2 cm³/mol. The lowest BCUT2D eigenvalue weighted by atomic mass is 10.1. The second-order valence-corrected chi connectivity index (χ2v) is 3.52. The van der Waals surface area contributed by atoms with Crippen LogP contribution in [-0.4, -0.2) is 42.9 Å². The molecule has 6 heteroatoms. The van der Waals surface area contributed by atoms with Gasteiger partial charge in [-0.15, -0.1) is 0 Å². The van der Waals surface area contributed by atoms with Gasteiger partial charge in [0.05, 0.1) is 0 Å². The third-order valence-electron chi connectivity index (χ3n) is 1.96. The highest BCUT2D eigenvalue weighted by Crippen LogP contribution is 1.96. The summed E-state index contributed by atoms with van der Waals surface area (Å²) in [6.45, 7) is 7.25. The Hall–Kier alpha value is -0.980. The topological polar surface area (TPSA) is 98.9 Å². The molecule has 0 bridgehead atoms. The Kier molecular flexibility index (Phi) is 15.1. The number of carbonyl (C=O) groups excluding carboxylic acids is 1. The molecule has 1 atom stereocenters. The van der Waals surface area contributed by atoms with Gasteiger partial charge in [0.2, 0.25) is 0 Å². The Morgan fingerprint density at radius 3 is 2.17 bits per heavy atom. The van der Waals surface area contributed by atoms with Crippen molar-refractivity contribution in [2.75, 3.05) is 13.2 Å². The van der Waals surface area contributed by atoms with Crippen molar-refractivity contribution in [1.82, 2.24) is 0 Å². The van der Waals surface area contributed by atoms with Crippen LogP contribution in [0.1, 0.15) is 40.0 Å². The van der Waals surface area contributed by atoms with Crippen molar-refractivity contribution in [2.24, 2.45) is 5.73 Å². The van der Waals surface area contributed by atoms with Gasteiger partial charge in [0.15, 0.2) is 6.29 Å². The largest absolute Gasteiger partial charge is 0.480 e. The van der Waals surface area contributed by atoms with Crippen LogP contribution in [0.5, 0.6) is 0 Å². The van der Waals surface area contributed by atoms with Gasteiger partial charge < -0.3 is 25.1 Å². The van der Waals surface area contributed by atoms with Crippen LogP contribution in [0.25, 0.3) is 0 Å². The molecule has 6 nitrogen and oxygen atoms in total. The number of carbonyl (C=O) groups is 2. The Balaban J connectivity index is 0. The summed E-state index contributed by atoms with van der Waals surface area (Å²) in [5.41, 5.74) is 5.14. The maximum Gasteiger partial charge on any atom is 0.320 e. The summed E-state index contributed by atoms with van der Waals surface area (Å²) in [4.78, 5) is 19.8. The molecule has 0 aromatic heterocycles. The van der Waals surface area contributed by atoms with Crippen molar-refractivity contribution in [2.45, 2.75) is 52.4 Å². The molecule has 0 fully saturated rings. The van der Waals surface area contributed by atoms with E-state index in [4.69, 9.17) is 20.3 Å². The molecule has 0 aromatic rings. The van der Waals surface area contributed by atoms with E-state index in [1.807, 2.05) is 20.8 Å². The van der Waals surface area contributed by atoms with E-state index in [1.165, 1.54) is 0 Å². The van der Waals surface area contributed by atoms with E-state index < -0.39 is 12.0 Å². The average Bonchev–Trinajstić information content (AvgIpc) is 2.30. The molecule has 3 N–H and O–H groups in total. The van der Waals surface area contributed by atoms with Gasteiger partial charge in [-0.25, -0.2) is 0 Å². The van der Waals surface area contributed by atoms with Gasteiger partial charge in [0.1, 0.15) is 12.3 Å². The van der Waals surface area contributed by atoms with Crippen LogP contribution in [0.15, 0.2) is 0 Å². The average molecular weight is 263 g/mol. The second kappa shape index (κ2) is 14.1. The predicted octanol–water partition coefficient (Wildman–Crippen LogP) is 1.17. The number of hydrogen-bond donors (Lipinski definition) is 2. The molecular formula is C12H25NO5. The molecule has 0 spiro atoms. The summed E-state index contributed by atoms with van der Waals surface area (Å²) in [5.74, 6) is -1.01. The lowest BCUT2D eigenvalue weighted by Gasteiger charge is -2.09. The van der Waals surface area contributed by atoms with Crippen LogP contribution in [0.3, 0.4) is 0 Å². The number of unbranched alkanes of at least 4 members (excludes halogenated alkanes) is 1. The first-order valence-corrected chi connectivity index (χ1v) is 6.14. The molecular weight excluding hydrogens is 238 g/mol. The number of nitrogens with two attached hydrogens (primary N) is 1. The number of carboxylic acids is 1. The third-order valence-corrected chi connectivity index (χ3v) is 1.96. The van der Waals surface area contributed by atoms with Crippen LogP contribution < -0.4 is 5.73 Å². The van der Waals surface area contributed by atoms with Crippen molar-refractivity contribution >= 4 is 12.3 Å². The molecule has 0 aliphatic carbocycles. The van der Waals surface area contributed by atoms with E-state index >= 15 is 0 Å². The zero-order chi connectivity index (χ0) is 14.4. The molecule has 0 saturated heterocycles. The fourth-order valence-electron chi connectivity index (χ4n) is 1.06. The Labute approximate surface area is 108 Å². The lowest BCUT2D eigenvalue weighted by Crippen LogP contribution is -2.29. The zero-order valence-electron chi connectivity index (χ0n) is 11.4. The van der Waals surface area contributed by atoms with Gasteiger partial charge in [-0.1, -0.05) is 0 Å². The number of carboxylic acid groups (broad SMARTS) is 1. The van der Waals surface area contributed by atoms with Gasteiger partial charge in [-0.3, -0.25) is 4.79 Å². The summed E-state index contributed by atoms with van der Waals surface area (Å²) >= 11 is 0. The number of aldehydes is 1. The van der Waals surface area contributed by atoms with E-state index in [-0.39, 0.29) is 6.29 Å². The molecule has 0 amide bonds. The summed E-state index contributed by atoms with van der Waals surface area (Å²) < 4.78 is 10.1. The third kappa shape index (κ3) is 15.0. The fourth-order valence-corrected chi connectivity index (χ4v) is 1.06. The number of rotatable bonds is 9. The summed E-state index contributed by atoms with van der Waals surface area (Å²) in [6.07, 6.45) is 2.03. The Morgan fingerprint density at radius 1 is 1.33 bits per heavy atom. The molecule has 0 aliphatic rings. The normalized spacial score (nSPS) is 11.6. The molecule has 0 radical (unpaired) electrons. The number of aliphatic carboxylic acids is 1. The van der Waals surface area contributed by atoms with Crippen molar-refractivity contribution in [3.05, 3.63) is 0 Å². The lowest BCUT2D eigenvalue weighted by molar-refractivity contribution is -0.138. The fraction of sp³-hybridized carbons (Fsp3) is 0.833. The van der Waals surface area contributed by atoms with Crippen molar-refractivity contribution in [1.29, 1.82) is 0 Å². The highest BCUT2D eigenvalue weighted by molar-refractivity contribution is 5.73. The molecule has 108 valence electrons. The summed E-state index contributed by atoms with van der Waals surface area (Å²) in [5, 5.41) is 8.27. The van der Waals surface area contributed by atoms with E-state index in [9.17, 15) is 9.59 Å². The van der Waals surface area contributed by atoms with Crippen LogP contribution in [0.2, 0.25) is 0 Å². The summed E-state index contributed by atoms with van der Waals surface area (Å²) in [6, 6.07) is -0.819. The minimum atomic E-state index is -1.01. The van der Waals surface area contributed by atoms with Crippen molar-refractivity contribution in [3.63, 3.8) is 0 Å². The standard InChI is InChI=1S/C6H11NO3.C6H14O2/c7-5(6(9)10)3-1-2-4-8;1-4-7-6(3)8-5-2/h4-5H,1-3,7H2,(H,9,10);6H,4-5H2,1-3H3. The second-order valence-electron chi connectivity index (χ2n) is 3.52. The molecule has 1 unspecified atom stereocenters. The smallest absolute Gasteiger partial charge is 0.320 e. The van der Waals surface area contributed by atoms with Crippen molar-refractivity contribution < 1.29 is 24.2 Å². The quantitative estimate of drug-likeness (QED) is 0.368. The van der Waals surface area contributed by atoms with E-state index in [0.29, 0.717) is 19.3 Å². The molecule has 0 aromatic carbocycles. The Bertz CT molecular complexity index is 205. The van der Waals surface area contributed by atoms with Gasteiger partial charge in [0.25, 0.3) is 0 Å². The van der Waals surface area contributed by atoms with Crippen LogP contribution in [0.4, 0.5) is 0 Å². The van der Waals surface area contributed by atoms with Crippen LogP contribution >= 0.6 is 0 Å². The maximum atomic E-state index is 10.1. The molecule has 0 heterocycles. The summed E-state index contributed by atoms with van der Waals surface area (Å²) in [7, 11) is 0. The minimum Gasteiger partial charge on any atom is -0.480 e. The molecule has 0 rings (SSSR count). The van der Waals surface area contributed by atoms with E-state index in [2.05, 4.69) is 0 Å². The Morgan fingerprint density at radius 2 is 1.83 bits per heavy atom. The van der Waals surface area contributed by atoms with Crippen LogP contribution in [-0.2, 0) is 19.1 Å². The monoisotopic (exact) mass is 263 g/mol. The van der Waals surface area contributed by atoms with Crippen molar-refractivity contribution in [3.8, 4) is 0 Å². The maximum absolute atomic E-state index is 10.1. The highest BCUT2D eigenvalue weighted by Gasteiger charge is 2.09. The molecule has 18 heavy (non-hydrogen) atoms. The molecule has 0 aliphatic heterocycles. The SMILES string of the molecule is CCOC(C)OCC.NC(CCCC=O)C(=O)O. The van der Waals surface area contributed by atoms with Gasteiger partial charge in [-0.05, 0) is 33.6 Å². The zero-order valence-corrected chi connectivity index (χ0v) is 11.4. The van der Waals surface area contributed by atoms with E-state index in [1.54, 1.807) is 0 Å². The number of ether oxygens (including phenoxy) is 2. The highest BCUT2D eigenvalue weighted by atomic mass is 16.7. The molecule has 0 saturated carbocycles. The van der Waals surface area contributed by atoms with E-state index in [0.717, 1.165) is 19.5 Å². The number of hydrogen-bond acceptors (Lipinski definition) is 5. The van der Waals surface area contributed by atoms with Gasteiger partial charge >= 0.3 is 5.97 Å². The minimum absolute atomic E-state index is 0.0370. The van der Waals surface area contributed by atoms with Crippen LogP contribution in [0, 0.1) is 0 Å². The van der Waals surface area contributed by atoms with Gasteiger partial charge in [-0.2, -0.15) is 0 Å². The van der Waals surface area contributed by atoms with Gasteiger partial charge in [0, 0.05) is 19.6 Å².